The van der Waals surface area contributed by atoms with Crippen LogP contribution in [0.25, 0.3) is 0 Å². The zero-order valence-corrected chi connectivity index (χ0v) is 15.8. The number of nitrogens with one attached hydrogen (secondary N) is 2. The highest BCUT2D eigenvalue weighted by atomic mass is 16.6. The molecule has 5 N–H and O–H groups in total. The molecule has 0 unspecified atom stereocenters. The molecule has 0 aliphatic carbocycles. The third kappa shape index (κ3) is 6.90. The molecular weight excluding hydrogens is 360 g/mol. The van der Waals surface area contributed by atoms with Crippen LogP contribution in [-0.2, 0) is 4.84 Å². The first-order valence-electron chi connectivity index (χ1n) is 8.95. The topological polar surface area (TPSA) is 119 Å². The van der Waals surface area contributed by atoms with Gasteiger partial charge in [-0.15, -0.1) is 0 Å². The lowest BCUT2D eigenvalue weighted by Gasteiger charge is -2.09. The summed E-state index contributed by atoms with van der Waals surface area (Å²) in [4.78, 5) is 4.89. The first kappa shape index (κ1) is 21.2. The second-order valence-electron chi connectivity index (χ2n) is 6.07. The maximum absolute atomic E-state index is 9.38. The number of nitrogens with zero attached hydrogens (tertiary/aromatic N) is 2. The van der Waals surface area contributed by atoms with Gasteiger partial charge in [0.05, 0.1) is 0 Å². The Hall–Kier alpha value is -3.10. The van der Waals surface area contributed by atoms with E-state index in [1.54, 1.807) is 48.5 Å². The van der Waals surface area contributed by atoms with Crippen molar-refractivity contribution >= 4 is 11.4 Å². The van der Waals surface area contributed by atoms with Crippen LogP contribution < -0.4 is 10.6 Å². The highest BCUT2D eigenvalue weighted by Crippen LogP contribution is 2.11. The monoisotopic (exact) mass is 386 g/mol. The molecule has 2 aromatic carbocycles. The molecule has 2 rings (SSSR count). The third-order valence-electron chi connectivity index (χ3n) is 4.02. The van der Waals surface area contributed by atoms with Gasteiger partial charge in [-0.25, -0.2) is 0 Å². The van der Waals surface area contributed by atoms with Gasteiger partial charge >= 0.3 is 0 Å². The van der Waals surface area contributed by atoms with E-state index < -0.39 is 0 Å². The van der Waals surface area contributed by atoms with Gasteiger partial charge in [-0.2, -0.15) is 0 Å². The molecule has 0 saturated heterocycles. The van der Waals surface area contributed by atoms with Gasteiger partial charge in [0.25, 0.3) is 0 Å². The molecule has 2 aromatic rings. The van der Waals surface area contributed by atoms with E-state index in [1.165, 1.54) is 7.11 Å². The van der Waals surface area contributed by atoms with Crippen molar-refractivity contribution in [2.45, 2.75) is 6.42 Å². The minimum absolute atomic E-state index is 0.170. The van der Waals surface area contributed by atoms with Crippen LogP contribution in [0.4, 0.5) is 0 Å². The molecular formula is C20H26N4O4. The van der Waals surface area contributed by atoms with Gasteiger partial charge in [-0.1, -0.05) is 10.3 Å². The lowest BCUT2D eigenvalue weighted by atomic mass is 10.1. The summed E-state index contributed by atoms with van der Waals surface area (Å²) in [6.45, 7) is 2.46. The summed E-state index contributed by atoms with van der Waals surface area (Å²) in [5.74, 6) is 0.376. The number of phenols is 2. The average Bonchev–Trinajstić information content (AvgIpc) is 2.71. The largest absolute Gasteiger partial charge is 0.508 e. The Morgan fingerprint density at radius 1 is 0.821 bits per heavy atom. The van der Waals surface area contributed by atoms with Crippen LogP contribution in [0.2, 0.25) is 0 Å². The fraction of sp³-hybridized carbons (Fsp3) is 0.300. The third-order valence-corrected chi connectivity index (χ3v) is 4.02. The zero-order chi connectivity index (χ0) is 20.2. The fourth-order valence-electron chi connectivity index (χ4n) is 2.55. The Labute approximate surface area is 164 Å². The SMILES string of the molecule is CO/N=C(/CNCCCNC/C(=N/O)c1ccc(O)cc1)c1ccc(O)cc1. The van der Waals surface area contributed by atoms with Crippen LogP contribution in [-0.4, -0.2) is 60.1 Å². The summed E-state index contributed by atoms with van der Waals surface area (Å²) in [6, 6.07) is 13.3. The van der Waals surface area contributed by atoms with E-state index >= 15 is 0 Å². The van der Waals surface area contributed by atoms with E-state index in [9.17, 15) is 10.2 Å². The summed E-state index contributed by atoms with van der Waals surface area (Å²) in [5.41, 5.74) is 2.88. The van der Waals surface area contributed by atoms with E-state index in [0.29, 0.717) is 18.8 Å². The number of aromatic hydroxyl groups is 2. The Bertz CT molecular complexity index is 774. The summed E-state index contributed by atoms with van der Waals surface area (Å²) < 4.78 is 0. The van der Waals surface area contributed by atoms with Gasteiger partial charge in [-0.3, -0.25) is 0 Å². The molecule has 0 radical (unpaired) electrons. The molecule has 0 atom stereocenters. The predicted molar refractivity (Wildman–Crippen MR) is 108 cm³/mol. The Balaban J connectivity index is 1.68. The molecule has 0 saturated carbocycles. The van der Waals surface area contributed by atoms with Gasteiger partial charge in [0.1, 0.15) is 30.0 Å². The van der Waals surface area contributed by atoms with Crippen LogP contribution >= 0.6 is 0 Å². The Kier molecular flexibility index (Phi) is 8.77. The minimum Gasteiger partial charge on any atom is -0.508 e. The van der Waals surface area contributed by atoms with Gasteiger partial charge in [0, 0.05) is 24.2 Å². The molecule has 0 aliphatic heterocycles. The van der Waals surface area contributed by atoms with Crippen molar-refractivity contribution in [1.29, 1.82) is 0 Å². The fourth-order valence-corrected chi connectivity index (χ4v) is 2.55. The standard InChI is InChI=1S/C20H26N4O4/c1-28-24-20(16-5-9-18(26)10-6-16)14-22-12-2-11-21-13-19(23-27)15-3-7-17(25)8-4-15/h3-10,21-22,25-27H,2,11-14H2,1H3/b23-19-,24-20-. The zero-order valence-electron chi connectivity index (χ0n) is 15.8. The van der Waals surface area contributed by atoms with Crippen LogP contribution in [0.3, 0.4) is 0 Å². The molecule has 0 heterocycles. The van der Waals surface area contributed by atoms with Gasteiger partial charge in [-0.05, 0) is 68.0 Å². The van der Waals surface area contributed by atoms with Crippen molar-refractivity contribution in [3.63, 3.8) is 0 Å². The Morgan fingerprint density at radius 3 is 1.75 bits per heavy atom. The summed E-state index contributed by atoms with van der Waals surface area (Å²) in [5, 5.41) is 41.7. The molecule has 0 fully saturated rings. The van der Waals surface area contributed by atoms with Crippen LogP contribution in [0, 0.1) is 0 Å². The van der Waals surface area contributed by atoms with Gasteiger partial charge < -0.3 is 30.9 Å². The smallest absolute Gasteiger partial charge is 0.115 e. The van der Waals surface area contributed by atoms with Crippen molar-refractivity contribution in [3.05, 3.63) is 59.7 Å². The van der Waals surface area contributed by atoms with E-state index in [4.69, 9.17) is 10.0 Å². The molecule has 0 aliphatic rings. The van der Waals surface area contributed by atoms with E-state index in [2.05, 4.69) is 20.9 Å². The van der Waals surface area contributed by atoms with Gasteiger partial charge in [0.15, 0.2) is 0 Å². The second-order valence-corrected chi connectivity index (χ2v) is 6.07. The van der Waals surface area contributed by atoms with Crippen molar-refractivity contribution in [2.24, 2.45) is 10.3 Å². The first-order chi connectivity index (χ1) is 13.6. The molecule has 28 heavy (non-hydrogen) atoms. The minimum atomic E-state index is 0.170. The average molecular weight is 386 g/mol. The molecule has 0 spiro atoms. The predicted octanol–water partition coefficient (Wildman–Crippen LogP) is 1.90. The number of hydrogen-bond acceptors (Lipinski definition) is 8. The quantitative estimate of drug-likeness (QED) is 0.174. The maximum atomic E-state index is 9.38. The highest BCUT2D eigenvalue weighted by Gasteiger charge is 2.06. The normalized spacial score (nSPS) is 12.2. The first-order valence-corrected chi connectivity index (χ1v) is 8.95. The highest BCUT2D eigenvalue weighted by molar-refractivity contribution is 6.02. The molecule has 8 nitrogen and oxygen atoms in total. The van der Waals surface area contributed by atoms with Crippen molar-refractivity contribution in [3.8, 4) is 11.5 Å². The molecule has 0 amide bonds. The van der Waals surface area contributed by atoms with E-state index in [0.717, 1.165) is 36.3 Å². The van der Waals surface area contributed by atoms with Crippen LogP contribution in [0.1, 0.15) is 17.5 Å². The van der Waals surface area contributed by atoms with Crippen LogP contribution in [0.15, 0.2) is 58.8 Å². The van der Waals surface area contributed by atoms with Crippen molar-refractivity contribution < 1.29 is 20.3 Å². The molecule has 0 aromatic heterocycles. The number of rotatable bonds is 11. The summed E-state index contributed by atoms with van der Waals surface area (Å²) in [7, 11) is 1.50. The van der Waals surface area contributed by atoms with Crippen molar-refractivity contribution in [2.75, 3.05) is 33.3 Å². The van der Waals surface area contributed by atoms with E-state index in [-0.39, 0.29) is 11.5 Å². The maximum Gasteiger partial charge on any atom is 0.115 e. The molecule has 150 valence electrons. The van der Waals surface area contributed by atoms with Gasteiger partial charge in [0.2, 0.25) is 0 Å². The number of oxime groups is 2. The summed E-state index contributed by atoms with van der Waals surface area (Å²) in [6.07, 6.45) is 0.865. The second kappa shape index (κ2) is 11.6. The summed E-state index contributed by atoms with van der Waals surface area (Å²) >= 11 is 0. The lowest BCUT2D eigenvalue weighted by molar-refractivity contribution is 0.213. The Morgan fingerprint density at radius 2 is 1.29 bits per heavy atom. The van der Waals surface area contributed by atoms with E-state index in [1.807, 2.05) is 0 Å². The number of phenolic OH excluding ortho intramolecular Hbond substituents is 2. The number of hydrogen-bond donors (Lipinski definition) is 5. The molecule has 0 bridgehead atoms. The van der Waals surface area contributed by atoms with Crippen molar-refractivity contribution in [1.82, 2.24) is 10.6 Å². The van der Waals surface area contributed by atoms with Crippen LogP contribution in [0.5, 0.6) is 11.5 Å². The molecule has 8 heteroatoms. The number of benzene rings is 2. The lowest BCUT2D eigenvalue weighted by Crippen LogP contribution is -2.29.